The molecule has 0 aliphatic rings. The highest BCUT2D eigenvalue weighted by atomic mass is 127. The summed E-state index contributed by atoms with van der Waals surface area (Å²) in [5.74, 6) is 0.572. The van der Waals surface area contributed by atoms with Crippen LogP contribution in [0.3, 0.4) is 0 Å². The lowest BCUT2D eigenvalue weighted by Crippen LogP contribution is -2.23. The minimum atomic E-state index is -0.780. The predicted molar refractivity (Wildman–Crippen MR) is 72.3 cm³/mol. The van der Waals surface area contributed by atoms with Crippen molar-refractivity contribution in [1.29, 1.82) is 0 Å². The molecule has 1 aromatic rings. The zero-order chi connectivity index (χ0) is 12.1. The third kappa shape index (κ3) is 3.65. The average Bonchev–Trinajstić information content (AvgIpc) is 2.27. The van der Waals surface area contributed by atoms with Crippen LogP contribution in [0.25, 0.3) is 0 Å². The minimum Gasteiger partial charge on any atom is -0.495 e. The first-order valence-corrected chi connectivity index (χ1v) is 6.10. The van der Waals surface area contributed by atoms with Crippen molar-refractivity contribution in [1.82, 2.24) is 0 Å². The summed E-state index contributed by atoms with van der Waals surface area (Å²) in [5, 5.41) is 21.5. The molecule has 0 heterocycles. The zero-order valence-corrected chi connectivity index (χ0v) is 11.6. The summed E-state index contributed by atoms with van der Waals surface area (Å²) in [6.45, 7) is 0.00555. The van der Waals surface area contributed by atoms with Gasteiger partial charge in [-0.1, -0.05) is 11.6 Å². The Balaban J connectivity index is 2.79. The largest absolute Gasteiger partial charge is 0.495 e. The Morgan fingerprint density at radius 1 is 1.56 bits per heavy atom. The van der Waals surface area contributed by atoms with Gasteiger partial charge in [-0.25, -0.2) is 0 Å². The van der Waals surface area contributed by atoms with Crippen molar-refractivity contribution in [3.8, 4) is 5.75 Å². The predicted octanol–water partition coefficient (Wildman–Crippen LogP) is 1.72. The van der Waals surface area contributed by atoms with E-state index in [0.717, 1.165) is 9.26 Å². The van der Waals surface area contributed by atoms with Crippen molar-refractivity contribution in [2.45, 2.75) is 6.10 Å². The topological polar surface area (TPSA) is 61.7 Å². The van der Waals surface area contributed by atoms with Gasteiger partial charge in [0.25, 0.3) is 0 Å². The van der Waals surface area contributed by atoms with E-state index in [0.29, 0.717) is 10.8 Å². The number of hydrogen-bond acceptors (Lipinski definition) is 4. The molecule has 16 heavy (non-hydrogen) atoms. The molecule has 0 radical (unpaired) electrons. The van der Waals surface area contributed by atoms with Crippen LogP contribution in [0, 0.1) is 3.57 Å². The average molecular weight is 358 g/mol. The van der Waals surface area contributed by atoms with Crippen LogP contribution in [0.15, 0.2) is 12.1 Å². The van der Waals surface area contributed by atoms with E-state index in [9.17, 15) is 5.11 Å². The maximum absolute atomic E-state index is 9.22. The van der Waals surface area contributed by atoms with Crippen LogP contribution in [0.5, 0.6) is 5.75 Å². The van der Waals surface area contributed by atoms with Crippen LogP contribution in [-0.2, 0) is 0 Å². The van der Waals surface area contributed by atoms with E-state index in [-0.39, 0.29) is 13.2 Å². The molecule has 0 aliphatic carbocycles. The Bertz CT molecular complexity index is 362. The molecule has 90 valence electrons. The Morgan fingerprint density at radius 2 is 2.25 bits per heavy atom. The van der Waals surface area contributed by atoms with Crippen LogP contribution in [0.4, 0.5) is 5.69 Å². The van der Waals surface area contributed by atoms with Crippen molar-refractivity contribution in [2.24, 2.45) is 0 Å². The minimum absolute atomic E-state index is 0.270. The summed E-state index contributed by atoms with van der Waals surface area (Å²) in [4.78, 5) is 0. The summed E-state index contributed by atoms with van der Waals surface area (Å²) in [5.41, 5.74) is 0.814. The fraction of sp³-hybridized carbons (Fsp3) is 0.400. The molecule has 3 N–H and O–H groups in total. The van der Waals surface area contributed by atoms with Gasteiger partial charge in [0.05, 0.1) is 30.5 Å². The third-order valence-corrected chi connectivity index (χ3v) is 3.17. The molecule has 4 nitrogen and oxygen atoms in total. The van der Waals surface area contributed by atoms with Gasteiger partial charge in [0.1, 0.15) is 5.75 Å². The molecule has 1 unspecified atom stereocenters. The molecule has 1 rings (SSSR count). The fourth-order valence-corrected chi connectivity index (χ4v) is 2.20. The highest BCUT2D eigenvalue weighted by Crippen LogP contribution is 2.31. The number of halogens is 2. The normalized spacial score (nSPS) is 12.3. The van der Waals surface area contributed by atoms with Crippen LogP contribution < -0.4 is 10.1 Å². The number of aliphatic hydroxyl groups excluding tert-OH is 2. The fourth-order valence-electron chi connectivity index (χ4n) is 1.11. The Kier molecular flexibility index (Phi) is 5.60. The number of anilines is 1. The SMILES string of the molecule is COc1cc(NCC(O)CO)c(I)cc1Cl. The number of aliphatic hydroxyl groups is 2. The molecule has 0 amide bonds. The van der Waals surface area contributed by atoms with Crippen LogP contribution in [-0.4, -0.2) is 36.6 Å². The van der Waals surface area contributed by atoms with E-state index < -0.39 is 6.10 Å². The first-order valence-electron chi connectivity index (χ1n) is 4.64. The monoisotopic (exact) mass is 357 g/mol. The lowest BCUT2D eigenvalue weighted by atomic mass is 10.3. The van der Waals surface area contributed by atoms with E-state index in [1.165, 1.54) is 0 Å². The van der Waals surface area contributed by atoms with Crippen LogP contribution in [0.1, 0.15) is 0 Å². The van der Waals surface area contributed by atoms with Crippen LogP contribution in [0.2, 0.25) is 5.02 Å². The number of methoxy groups -OCH3 is 1. The van der Waals surface area contributed by atoms with E-state index in [4.69, 9.17) is 21.4 Å². The molecule has 0 aliphatic heterocycles. The summed E-state index contributed by atoms with van der Waals surface area (Å²) in [6, 6.07) is 3.53. The number of benzene rings is 1. The standard InChI is InChI=1S/C10H13ClINO3/c1-16-10-3-9(8(12)2-7(10)11)13-4-6(15)5-14/h2-3,6,13-15H,4-5H2,1H3. The number of hydrogen-bond donors (Lipinski definition) is 3. The van der Waals surface area contributed by atoms with Gasteiger partial charge in [-0.15, -0.1) is 0 Å². The second kappa shape index (κ2) is 6.48. The molecule has 0 spiro atoms. The second-order valence-electron chi connectivity index (χ2n) is 3.18. The van der Waals surface area contributed by atoms with Gasteiger partial charge in [-0.2, -0.15) is 0 Å². The molecular formula is C10H13ClINO3. The van der Waals surface area contributed by atoms with E-state index in [1.807, 2.05) is 0 Å². The Hall–Kier alpha value is -0.240. The lowest BCUT2D eigenvalue weighted by molar-refractivity contribution is 0.105. The molecule has 0 aromatic heterocycles. The molecule has 1 aromatic carbocycles. The first-order chi connectivity index (χ1) is 7.58. The van der Waals surface area contributed by atoms with Gasteiger partial charge < -0.3 is 20.3 Å². The smallest absolute Gasteiger partial charge is 0.139 e. The molecule has 0 saturated carbocycles. The number of nitrogens with one attached hydrogen (secondary N) is 1. The van der Waals surface area contributed by atoms with Gasteiger partial charge in [-0.05, 0) is 28.7 Å². The molecular weight excluding hydrogens is 344 g/mol. The van der Waals surface area contributed by atoms with Gasteiger partial charge in [0.15, 0.2) is 0 Å². The van der Waals surface area contributed by atoms with Gasteiger partial charge in [-0.3, -0.25) is 0 Å². The summed E-state index contributed by atoms with van der Waals surface area (Å²) >= 11 is 8.08. The zero-order valence-electron chi connectivity index (χ0n) is 8.70. The Morgan fingerprint density at radius 3 is 2.81 bits per heavy atom. The maximum atomic E-state index is 9.22. The lowest BCUT2D eigenvalue weighted by Gasteiger charge is -2.13. The summed E-state index contributed by atoms with van der Waals surface area (Å²) in [7, 11) is 1.54. The van der Waals surface area contributed by atoms with Crippen LogP contribution >= 0.6 is 34.2 Å². The van der Waals surface area contributed by atoms with E-state index in [1.54, 1.807) is 19.2 Å². The van der Waals surface area contributed by atoms with Crippen molar-refractivity contribution >= 4 is 39.9 Å². The summed E-state index contributed by atoms with van der Waals surface area (Å²) in [6.07, 6.45) is -0.780. The van der Waals surface area contributed by atoms with Gasteiger partial charge >= 0.3 is 0 Å². The number of ether oxygens (including phenoxy) is 1. The first kappa shape index (κ1) is 13.8. The second-order valence-corrected chi connectivity index (χ2v) is 4.75. The van der Waals surface area contributed by atoms with Crippen molar-refractivity contribution in [3.05, 3.63) is 20.7 Å². The highest BCUT2D eigenvalue weighted by Gasteiger charge is 2.08. The van der Waals surface area contributed by atoms with E-state index >= 15 is 0 Å². The molecule has 6 heteroatoms. The molecule has 0 bridgehead atoms. The quantitative estimate of drug-likeness (QED) is 0.702. The van der Waals surface area contributed by atoms with Crippen molar-refractivity contribution in [3.63, 3.8) is 0 Å². The highest BCUT2D eigenvalue weighted by molar-refractivity contribution is 14.1. The van der Waals surface area contributed by atoms with Gasteiger partial charge in [0.2, 0.25) is 0 Å². The molecule has 0 fully saturated rings. The summed E-state index contributed by atoms with van der Waals surface area (Å²) < 4.78 is 6.01. The maximum Gasteiger partial charge on any atom is 0.139 e. The third-order valence-electron chi connectivity index (χ3n) is 1.98. The number of rotatable bonds is 5. The molecule has 0 saturated heterocycles. The van der Waals surface area contributed by atoms with Crippen molar-refractivity contribution in [2.75, 3.05) is 25.6 Å². The van der Waals surface area contributed by atoms with E-state index in [2.05, 4.69) is 27.9 Å². The Labute approximate surface area is 113 Å². The molecule has 1 atom stereocenters. The van der Waals surface area contributed by atoms with Crippen molar-refractivity contribution < 1.29 is 14.9 Å². The van der Waals surface area contributed by atoms with Gasteiger partial charge in [0, 0.05) is 16.2 Å².